The summed E-state index contributed by atoms with van der Waals surface area (Å²) in [4.78, 5) is 72.7. The maximum atomic E-state index is 13.1. The molecule has 0 fully saturated rings. The molecule has 0 aliphatic rings. The highest BCUT2D eigenvalue weighted by atomic mass is 31.2. The van der Waals surface area contributed by atoms with Gasteiger partial charge < -0.3 is 33.8 Å². The first kappa shape index (κ1) is 93.1. The molecule has 7 atom stereocenters. The SMILES string of the molecule is CCCCCCCCCCCC(=O)OC[C@H](COP(=O)(O)OC[C@H](O)COP(=O)(O)OC[C@@H](COC(=O)CCCCCCCCCCCCCCCCC(C)CC)OC(=O)CCCCCCCCCCCCCCCCC(C)CC)OC(=O)CCCCCCCCCC(C)C. The Labute approximate surface area is 581 Å². The van der Waals surface area contributed by atoms with Crippen LogP contribution in [0.3, 0.4) is 0 Å². The third-order valence-electron chi connectivity index (χ3n) is 18.4. The van der Waals surface area contributed by atoms with Crippen molar-refractivity contribution < 1.29 is 80.2 Å². The molecule has 0 heterocycles. The number of rotatable bonds is 74. The molecule has 4 unspecified atom stereocenters. The molecule has 0 aromatic carbocycles. The van der Waals surface area contributed by atoms with Gasteiger partial charge >= 0.3 is 39.5 Å². The predicted octanol–water partition coefficient (Wildman–Crippen LogP) is 22.2. The van der Waals surface area contributed by atoms with Crippen molar-refractivity contribution in [1.29, 1.82) is 0 Å². The molecular weight excluding hydrogens is 1250 g/mol. The molecule has 3 N–H and O–H groups in total. The Bertz CT molecular complexity index is 1860. The quantitative estimate of drug-likeness (QED) is 0.0222. The van der Waals surface area contributed by atoms with Gasteiger partial charge in [0.25, 0.3) is 0 Å². The van der Waals surface area contributed by atoms with Gasteiger partial charge in [-0.2, -0.15) is 0 Å². The lowest BCUT2D eigenvalue weighted by Gasteiger charge is -2.21. The molecule has 95 heavy (non-hydrogen) atoms. The van der Waals surface area contributed by atoms with Crippen molar-refractivity contribution >= 4 is 39.5 Å². The van der Waals surface area contributed by atoms with Crippen LogP contribution in [0.15, 0.2) is 0 Å². The molecule has 0 bridgehead atoms. The lowest BCUT2D eigenvalue weighted by molar-refractivity contribution is -0.161. The number of hydrogen-bond acceptors (Lipinski definition) is 15. The summed E-state index contributed by atoms with van der Waals surface area (Å²) < 4.78 is 68.4. The number of carbonyl (C=O) groups is 4. The molecule has 0 amide bonds. The van der Waals surface area contributed by atoms with E-state index in [1.165, 1.54) is 199 Å². The molecule has 0 rings (SSSR count). The Morgan fingerprint density at radius 2 is 0.537 bits per heavy atom. The average Bonchev–Trinajstić information content (AvgIpc) is 2.38. The van der Waals surface area contributed by atoms with E-state index in [0.29, 0.717) is 31.6 Å². The monoisotopic (exact) mass is 1400 g/mol. The topological polar surface area (TPSA) is 237 Å². The summed E-state index contributed by atoms with van der Waals surface area (Å²) in [5, 5.41) is 10.6. The molecule has 0 aromatic rings. The van der Waals surface area contributed by atoms with Crippen molar-refractivity contribution in [2.24, 2.45) is 17.8 Å². The van der Waals surface area contributed by atoms with E-state index in [2.05, 4.69) is 48.5 Å². The maximum absolute atomic E-state index is 13.1. The smallest absolute Gasteiger partial charge is 0.462 e. The van der Waals surface area contributed by atoms with Gasteiger partial charge in [-0.1, -0.05) is 337 Å². The Kier molecular flexibility index (Phi) is 65.2. The molecule has 564 valence electrons. The Morgan fingerprint density at radius 3 is 0.800 bits per heavy atom. The van der Waals surface area contributed by atoms with Crippen molar-refractivity contribution in [3.05, 3.63) is 0 Å². The minimum atomic E-state index is -4.96. The molecule has 0 radical (unpaired) electrons. The summed E-state index contributed by atoms with van der Waals surface area (Å²) in [5.41, 5.74) is 0. The highest BCUT2D eigenvalue weighted by Gasteiger charge is 2.30. The number of carbonyl (C=O) groups excluding carboxylic acids is 4. The third kappa shape index (κ3) is 67.6. The fraction of sp³-hybridized carbons (Fsp3) is 0.947. The van der Waals surface area contributed by atoms with Gasteiger partial charge in [0.1, 0.15) is 19.3 Å². The van der Waals surface area contributed by atoms with Crippen LogP contribution >= 0.6 is 15.6 Å². The summed E-state index contributed by atoms with van der Waals surface area (Å²) in [6.07, 6.45) is 52.7. The van der Waals surface area contributed by atoms with E-state index >= 15 is 0 Å². The second kappa shape index (κ2) is 66.6. The second-order valence-electron chi connectivity index (χ2n) is 28.4. The summed E-state index contributed by atoms with van der Waals surface area (Å²) >= 11 is 0. The lowest BCUT2D eigenvalue weighted by atomic mass is 9.99. The number of unbranched alkanes of at least 4 members (excludes halogenated alkanes) is 40. The number of aliphatic hydroxyl groups is 1. The van der Waals surface area contributed by atoms with Crippen LogP contribution in [0.5, 0.6) is 0 Å². The van der Waals surface area contributed by atoms with Crippen LogP contribution in [0, 0.1) is 17.8 Å². The van der Waals surface area contributed by atoms with Crippen LogP contribution < -0.4 is 0 Å². The lowest BCUT2D eigenvalue weighted by Crippen LogP contribution is -2.30. The molecule has 0 aromatic heterocycles. The van der Waals surface area contributed by atoms with Crippen molar-refractivity contribution in [2.45, 2.75) is 407 Å². The Hall–Kier alpha value is -1.94. The zero-order chi connectivity index (χ0) is 70.1. The van der Waals surface area contributed by atoms with Crippen LogP contribution in [0.25, 0.3) is 0 Å². The van der Waals surface area contributed by atoms with Gasteiger partial charge in [-0.05, 0) is 43.4 Å². The standard InChI is InChI=1S/C76H148O17P2/c1-8-11-12-13-14-27-36-43-50-57-73(78)86-64-72(93-76(81)60-53-46-39-32-33-40-47-54-67(4)5)66-91-95(84,85)89-62-70(77)61-88-94(82,83)90-65-71(92-75(80)59-52-45-38-31-26-22-18-16-20-24-29-35-42-49-56-69(7)10-3)63-87-74(79)58-51-44-37-30-25-21-17-15-19-23-28-34-41-48-55-68(6)9-2/h67-72,77H,8-66H2,1-7H3,(H,82,83)(H,84,85)/t68?,69?,70-,71-,72-/m1/s1. The molecular formula is C76H148O17P2. The van der Waals surface area contributed by atoms with Crippen LogP contribution in [0.1, 0.15) is 389 Å². The van der Waals surface area contributed by atoms with Crippen molar-refractivity contribution in [3.63, 3.8) is 0 Å². The molecule has 19 heteroatoms. The van der Waals surface area contributed by atoms with Crippen LogP contribution in [0.4, 0.5) is 0 Å². The zero-order valence-corrected chi connectivity index (χ0v) is 63.9. The predicted molar refractivity (Wildman–Crippen MR) is 386 cm³/mol. The van der Waals surface area contributed by atoms with E-state index in [-0.39, 0.29) is 25.7 Å². The van der Waals surface area contributed by atoms with E-state index in [1.54, 1.807) is 0 Å². The van der Waals surface area contributed by atoms with Gasteiger partial charge in [0.05, 0.1) is 26.4 Å². The van der Waals surface area contributed by atoms with Gasteiger partial charge in [0.2, 0.25) is 0 Å². The molecule has 0 saturated carbocycles. The van der Waals surface area contributed by atoms with Crippen LogP contribution in [-0.2, 0) is 65.4 Å². The van der Waals surface area contributed by atoms with Crippen molar-refractivity contribution in [2.75, 3.05) is 39.6 Å². The van der Waals surface area contributed by atoms with E-state index in [4.69, 9.17) is 37.0 Å². The van der Waals surface area contributed by atoms with E-state index in [0.717, 1.165) is 102 Å². The zero-order valence-electron chi connectivity index (χ0n) is 62.1. The number of phosphoric ester groups is 2. The number of hydrogen-bond donors (Lipinski definition) is 3. The number of esters is 4. The first-order valence-corrected chi connectivity index (χ1v) is 42.4. The van der Waals surface area contributed by atoms with Gasteiger partial charge in [-0.15, -0.1) is 0 Å². The number of phosphoric acid groups is 2. The summed E-state index contributed by atoms with van der Waals surface area (Å²) in [6, 6.07) is 0. The highest BCUT2D eigenvalue weighted by Crippen LogP contribution is 2.45. The fourth-order valence-electron chi connectivity index (χ4n) is 11.5. The van der Waals surface area contributed by atoms with Crippen molar-refractivity contribution in [1.82, 2.24) is 0 Å². The van der Waals surface area contributed by atoms with E-state index in [9.17, 15) is 43.2 Å². The number of ether oxygens (including phenoxy) is 4. The van der Waals surface area contributed by atoms with Gasteiger partial charge in [-0.3, -0.25) is 37.3 Å². The largest absolute Gasteiger partial charge is 0.472 e. The first-order chi connectivity index (χ1) is 45.8. The van der Waals surface area contributed by atoms with Gasteiger partial charge in [0, 0.05) is 25.7 Å². The van der Waals surface area contributed by atoms with Crippen LogP contribution in [0.2, 0.25) is 0 Å². The summed E-state index contributed by atoms with van der Waals surface area (Å²) in [5.74, 6) is 0.271. The molecule has 0 saturated heterocycles. The maximum Gasteiger partial charge on any atom is 0.472 e. The third-order valence-corrected chi connectivity index (χ3v) is 20.3. The van der Waals surface area contributed by atoms with E-state index in [1.807, 2.05) is 0 Å². The minimum Gasteiger partial charge on any atom is -0.462 e. The van der Waals surface area contributed by atoms with Gasteiger partial charge in [-0.25, -0.2) is 9.13 Å². The number of aliphatic hydroxyl groups excluding tert-OH is 1. The van der Waals surface area contributed by atoms with Gasteiger partial charge in [0.15, 0.2) is 12.2 Å². The first-order valence-electron chi connectivity index (χ1n) is 39.4. The van der Waals surface area contributed by atoms with E-state index < -0.39 is 97.5 Å². The van der Waals surface area contributed by atoms with Crippen molar-refractivity contribution in [3.8, 4) is 0 Å². The molecule has 17 nitrogen and oxygen atoms in total. The average molecular weight is 1400 g/mol. The molecule has 0 aliphatic heterocycles. The normalized spacial score (nSPS) is 14.6. The fourth-order valence-corrected chi connectivity index (χ4v) is 13.1. The highest BCUT2D eigenvalue weighted by molar-refractivity contribution is 7.47. The molecule has 0 spiro atoms. The summed E-state index contributed by atoms with van der Waals surface area (Å²) in [7, 11) is -9.91. The minimum absolute atomic E-state index is 0.103. The van der Waals surface area contributed by atoms with Crippen LogP contribution in [-0.4, -0.2) is 96.7 Å². The Balaban J connectivity index is 5.21. The Morgan fingerprint density at radius 1 is 0.305 bits per heavy atom. The molecule has 0 aliphatic carbocycles. The second-order valence-corrected chi connectivity index (χ2v) is 31.3. The summed E-state index contributed by atoms with van der Waals surface area (Å²) in [6.45, 7) is 11.9.